The van der Waals surface area contributed by atoms with Gasteiger partial charge in [0.2, 0.25) is 0 Å². The SMILES string of the molecule is CCOC(=O)C1CCCc2nc(CN)cn21. The lowest BCUT2D eigenvalue weighted by atomic mass is 10.1. The van der Waals surface area contributed by atoms with E-state index in [4.69, 9.17) is 10.5 Å². The maximum absolute atomic E-state index is 11.8. The lowest BCUT2D eigenvalue weighted by Crippen LogP contribution is -2.26. The normalized spacial score (nSPS) is 19.2. The molecule has 0 aliphatic carbocycles. The number of nitrogens with two attached hydrogens (primary N) is 1. The van der Waals surface area contributed by atoms with Crippen molar-refractivity contribution in [2.45, 2.75) is 38.8 Å². The third kappa shape index (κ3) is 1.95. The van der Waals surface area contributed by atoms with Gasteiger partial charge in [0.05, 0.1) is 12.3 Å². The van der Waals surface area contributed by atoms with Gasteiger partial charge in [-0.3, -0.25) is 0 Å². The molecule has 5 nitrogen and oxygen atoms in total. The van der Waals surface area contributed by atoms with E-state index in [1.54, 1.807) is 0 Å². The third-order valence-corrected chi connectivity index (χ3v) is 2.84. The zero-order chi connectivity index (χ0) is 11.5. The molecule has 2 heterocycles. The van der Waals surface area contributed by atoms with E-state index in [0.717, 1.165) is 30.8 Å². The van der Waals surface area contributed by atoms with Gasteiger partial charge in [0, 0.05) is 19.2 Å². The predicted molar refractivity (Wildman–Crippen MR) is 58.7 cm³/mol. The summed E-state index contributed by atoms with van der Waals surface area (Å²) in [4.78, 5) is 16.1. The van der Waals surface area contributed by atoms with Crippen LogP contribution in [-0.4, -0.2) is 22.1 Å². The van der Waals surface area contributed by atoms with Crippen LogP contribution in [0.3, 0.4) is 0 Å². The minimum Gasteiger partial charge on any atom is -0.464 e. The molecule has 0 saturated carbocycles. The summed E-state index contributed by atoms with van der Waals surface area (Å²) in [6, 6.07) is -0.212. The zero-order valence-electron chi connectivity index (χ0n) is 9.48. The second-order valence-corrected chi connectivity index (χ2v) is 3.92. The van der Waals surface area contributed by atoms with Crippen LogP contribution in [0.1, 0.15) is 37.3 Å². The molecule has 1 aliphatic heterocycles. The number of esters is 1. The van der Waals surface area contributed by atoms with Crippen LogP contribution in [-0.2, 0) is 22.5 Å². The second kappa shape index (κ2) is 4.65. The highest BCUT2D eigenvalue weighted by molar-refractivity contribution is 5.74. The van der Waals surface area contributed by atoms with Gasteiger partial charge < -0.3 is 15.0 Å². The highest BCUT2D eigenvalue weighted by Gasteiger charge is 2.27. The molecule has 0 bridgehead atoms. The lowest BCUT2D eigenvalue weighted by molar-refractivity contribution is -0.147. The van der Waals surface area contributed by atoms with Crippen LogP contribution in [0.5, 0.6) is 0 Å². The van der Waals surface area contributed by atoms with E-state index in [-0.39, 0.29) is 12.0 Å². The number of fused-ring (bicyclic) bond motifs is 1. The summed E-state index contributed by atoms with van der Waals surface area (Å²) in [5.74, 6) is 0.786. The van der Waals surface area contributed by atoms with Crippen LogP contribution in [0.2, 0.25) is 0 Å². The molecule has 1 atom stereocenters. The highest BCUT2D eigenvalue weighted by Crippen LogP contribution is 2.25. The fourth-order valence-corrected chi connectivity index (χ4v) is 2.10. The first-order valence-corrected chi connectivity index (χ1v) is 5.69. The Labute approximate surface area is 94.6 Å². The van der Waals surface area contributed by atoms with E-state index in [0.29, 0.717) is 13.2 Å². The molecule has 88 valence electrons. The first-order chi connectivity index (χ1) is 7.76. The Hall–Kier alpha value is -1.36. The van der Waals surface area contributed by atoms with E-state index in [1.165, 1.54) is 0 Å². The largest absolute Gasteiger partial charge is 0.464 e. The fourth-order valence-electron chi connectivity index (χ4n) is 2.10. The monoisotopic (exact) mass is 223 g/mol. The maximum Gasteiger partial charge on any atom is 0.329 e. The van der Waals surface area contributed by atoms with Crippen LogP contribution in [0.25, 0.3) is 0 Å². The van der Waals surface area contributed by atoms with Gasteiger partial charge in [0.15, 0.2) is 0 Å². The fraction of sp³-hybridized carbons (Fsp3) is 0.636. The first-order valence-electron chi connectivity index (χ1n) is 5.69. The minimum atomic E-state index is -0.212. The molecule has 1 aromatic heterocycles. The molecule has 0 radical (unpaired) electrons. The van der Waals surface area contributed by atoms with Gasteiger partial charge in [-0.25, -0.2) is 9.78 Å². The number of hydrogen-bond acceptors (Lipinski definition) is 4. The summed E-state index contributed by atoms with van der Waals surface area (Å²) in [5.41, 5.74) is 6.39. The van der Waals surface area contributed by atoms with Crippen molar-refractivity contribution in [2.75, 3.05) is 6.61 Å². The number of nitrogens with zero attached hydrogens (tertiary/aromatic N) is 2. The molecule has 2 rings (SSSR count). The van der Waals surface area contributed by atoms with Crippen LogP contribution >= 0.6 is 0 Å². The second-order valence-electron chi connectivity index (χ2n) is 3.92. The van der Waals surface area contributed by atoms with Gasteiger partial charge >= 0.3 is 5.97 Å². The summed E-state index contributed by atoms with van der Waals surface area (Å²) in [6.45, 7) is 2.65. The van der Waals surface area contributed by atoms with Crippen molar-refractivity contribution < 1.29 is 9.53 Å². The van der Waals surface area contributed by atoms with Gasteiger partial charge in [-0.15, -0.1) is 0 Å². The molecule has 1 unspecified atom stereocenters. The Bertz CT molecular complexity index is 387. The summed E-state index contributed by atoms with van der Waals surface area (Å²) < 4.78 is 6.98. The van der Waals surface area contributed by atoms with Gasteiger partial charge in [-0.2, -0.15) is 0 Å². The Morgan fingerprint density at radius 1 is 1.75 bits per heavy atom. The molecular weight excluding hydrogens is 206 g/mol. The number of aromatic nitrogens is 2. The van der Waals surface area contributed by atoms with Crippen molar-refractivity contribution in [3.05, 3.63) is 17.7 Å². The average Bonchev–Trinajstić information content (AvgIpc) is 2.71. The Balaban J connectivity index is 2.25. The quantitative estimate of drug-likeness (QED) is 0.769. The summed E-state index contributed by atoms with van der Waals surface area (Å²) in [6.07, 6.45) is 4.59. The van der Waals surface area contributed by atoms with Crippen LogP contribution in [0, 0.1) is 0 Å². The topological polar surface area (TPSA) is 70.1 Å². The number of imidazole rings is 1. The maximum atomic E-state index is 11.8. The highest BCUT2D eigenvalue weighted by atomic mass is 16.5. The Kier molecular flexibility index (Phi) is 3.24. The molecule has 0 amide bonds. The molecule has 5 heteroatoms. The molecule has 1 aliphatic rings. The van der Waals surface area contributed by atoms with E-state index < -0.39 is 0 Å². The van der Waals surface area contributed by atoms with Gasteiger partial charge in [0.25, 0.3) is 0 Å². The van der Waals surface area contributed by atoms with E-state index >= 15 is 0 Å². The number of rotatable bonds is 3. The third-order valence-electron chi connectivity index (χ3n) is 2.84. The summed E-state index contributed by atoms with van der Waals surface area (Å²) in [5, 5.41) is 0. The first kappa shape index (κ1) is 11.1. The van der Waals surface area contributed by atoms with Crippen molar-refractivity contribution >= 4 is 5.97 Å². The van der Waals surface area contributed by atoms with Gasteiger partial charge in [-0.1, -0.05) is 0 Å². The van der Waals surface area contributed by atoms with Crippen LogP contribution in [0.15, 0.2) is 6.20 Å². The van der Waals surface area contributed by atoms with Gasteiger partial charge in [-0.05, 0) is 19.8 Å². The molecule has 0 saturated heterocycles. The number of carbonyl (C=O) groups excluding carboxylic acids is 1. The number of aryl methyl sites for hydroxylation is 1. The molecule has 16 heavy (non-hydrogen) atoms. The standard InChI is InChI=1S/C11H17N3O2/c1-2-16-11(15)9-4-3-5-10-13-8(6-12)7-14(9)10/h7,9H,2-6,12H2,1H3. The number of hydrogen-bond donors (Lipinski definition) is 1. The van der Waals surface area contributed by atoms with E-state index in [1.807, 2.05) is 17.7 Å². The lowest BCUT2D eigenvalue weighted by Gasteiger charge is -2.23. The Morgan fingerprint density at radius 2 is 2.56 bits per heavy atom. The molecular formula is C11H17N3O2. The molecule has 2 N–H and O–H groups in total. The van der Waals surface area contributed by atoms with Crippen molar-refractivity contribution in [2.24, 2.45) is 5.73 Å². The van der Waals surface area contributed by atoms with Crippen LogP contribution < -0.4 is 5.73 Å². The zero-order valence-corrected chi connectivity index (χ0v) is 9.48. The molecule has 1 aromatic rings. The van der Waals surface area contributed by atoms with E-state index in [9.17, 15) is 4.79 Å². The van der Waals surface area contributed by atoms with Crippen LogP contribution in [0.4, 0.5) is 0 Å². The number of ether oxygens (including phenoxy) is 1. The van der Waals surface area contributed by atoms with Gasteiger partial charge in [0.1, 0.15) is 11.9 Å². The van der Waals surface area contributed by atoms with E-state index in [2.05, 4.69) is 4.98 Å². The summed E-state index contributed by atoms with van der Waals surface area (Å²) in [7, 11) is 0. The smallest absolute Gasteiger partial charge is 0.329 e. The van der Waals surface area contributed by atoms with Crippen molar-refractivity contribution in [1.82, 2.24) is 9.55 Å². The predicted octanol–water partition coefficient (Wildman–Crippen LogP) is 0.782. The molecule has 0 aromatic carbocycles. The Morgan fingerprint density at radius 3 is 3.25 bits per heavy atom. The van der Waals surface area contributed by atoms with Crippen molar-refractivity contribution in [1.29, 1.82) is 0 Å². The molecule has 0 fully saturated rings. The average molecular weight is 223 g/mol. The summed E-state index contributed by atoms with van der Waals surface area (Å²) >= 11 is 0. The van der Waals surface area contributed by atoms with Crippen molar-refractivity contribution in [3.8, 4) is 0 Å². The molecule has 0 spiro atoms. The minimum absolute atomic E-state index is 0.163. The number of carbonyl (C=O) groups is 1. The van der Waals surface area contributed by atoms with Crippen molar-refractivity contribution in [3.63, 3.8) is 0 Å².